The largest absolute Gasteiger partial charge is 0.478 e. The van der Waals surface area contributed by atoms with E-state index >= 15 is 0 Å². The van der Waals surface area contributed by atoms with Gasteiger partial charge in [0.15, 0.2) is 0 Å². The molecular weight excluding hydrogens is 331 g/mol. The van der Waals surface area contributed by atoms with Crippen LogP contribution in [-0.4, -0.2) is 29.1 Å². The van der Waals surface area contributed by atoms with Crippen LogP contribution in [0.15, 0.2) is 48.5 Å². The standard InChI is InChI=1S/C19H20F3NO2/c1-13(10-15-7-3-4-9-17(15)19(20,21)22)23(2)12-14-6-5-8-16(11-14)18(24)25/h3-9,11,13H,10,12H2,1-2H3,(H,24,25). The van der Waals surface area contributed by atoms with Crippen molar-refractivity contribution in [1.29, 1.82) is 0 Å². The summed E-state index contributed by atoms with van der Waals surface area (Å²) in [5.74, 6) is -1.00. The first-order valence-electron chi connectivity index (χ1n) is 7.86. The summed E-state index contributed by atoms with van der Waals surface area (Å²) in [6.07, 6.45) is -4.12. The monoisotopic (exact) mass is 351 g/mol. The Bertz CT molecular complexity index is 743. The minimum Gasteiger partial charge on any atom is -0.478 e. The van der Waals surface area contributed by atoms with E-state index in [1.54, 1.807) is 24.3 Å². The summed E-state index contributed by atoms with van der Waals surface area (Å²) in [5.41, 5.74) is 0.649. The maximum atomic E-state index is 13.1. The molecule has 0 saturated heterocycles. The number of rotatable bonds is 6. The number of alkyl halides is 3. The summed E-state index contributed by atoms with van der Waals surface area (Å²) in [5, 5.41) is 9.03. The van der Waals surface area contributed by atoms with Crippen LogP contribution < -0.4 is 0 Å². The maximum absolute atomic E-state index is 13.1. The van der Waals surface area contributed by atoms with E-state index < -0.39 is 17.7 Å². The van der Waals surface area contributed by atoms with E-state index in [1.165, 1.54) is 18.2 Å². The lowest BCUT2D eigenvalue weighted by molar-refractivity contribution is -0.138. The minimum absolute atomic E-state index is 0.142. The van der Waals surface area contributed by atoms with Crippen molar-refractivity contribution in [1.82, 2.24) is 4.90 Å². The highest BCUT2D eigenvalue weighted by atomic mass is 19.4. The molecule has 0 fully saturated rings. The van der Waals surface area contributed by atoms with Crippen LogP contribution in [0.25, 0.3) is 0 Å². The number of nitrogens with zero attached hydrogens (tertiary/aromatic N) is 1. The van der Waals surface area contributed by atoms with Gasteiger partial charge < -0.3 is 5.11 Å². The zero-order valence-corrected chi connectivity index (χ0v) is 14.0. The maximum Gasteiger partial charge on any atom is 0.416 e. The van der Waals surface area contributed by atoms with Gasteiger partial charge in [0.1, 0.15) is 0 Å². The smallest absolute Gasteiger partial charge is 0.416 e. The SMILES string of the molecule is CC(Cc1ccccc1C(F)(F)F)N(C)Cc1cccc(C(=O)O)c1. The quantitative estimate of drug-likeness (QED) is 0.835. The van der Waals surface area contributed by atoms with E-state index in [0.717, 1.165) is 11.6 Å². The Hall–Kier alpha value is -2.34. The molecule has 0 radical (unpaired) electrons. The number of hydrogen-bond donors (Lipinski definition) is 1. The highest BCUT2D eigenvalue weighted by Gasteiger charge is 2.33. The first-order valence-corrected chi connectivity index (χ1v) is 7.86. The van der Waals surface area contributed by atoms with E-state index in [0.29, 0.717) is 6.54 Å². The number of likely N-dealkylation sites (N-methyl/N-ethyl adjacent to an activating group) is 1. The second-order valence-electron chi connectivity index (χ2n) is 6.13. The molecule has 2 aromatic rings. The molecule has 1 atom stereocenters. The van der Waals surface area contributed by atoms with Gasteiger partial charge in [-0.3, -0.25) is 4.90 Å². The van der Waals surface area contributed by atoms with Crippen molar-refractivity contribution in [3.63, 3.8) is 0 Å². The van der Waals surface area contributed by atoms with Crippen LogP contribution in [0.3, 0.4) is 0 Å². The molecule has 1 N–H and O–H groups in total. The molecule has 0 aliphatic heterocycles. The lowest BCUT2D eigenvalue weighted by atomic mass is 9.99. The minimum atomic E-state index is -4.37. The van der Waals surface area contributed by atoms with Gasteiger partial charge >= 0.3 is 12.1 Å². The van der Waals surface area contributed by atoms with Crippen LogP contribution in [-0.2, 0) is 19.1 Å². The van der Waals surface area contributed by atoms with Gasteiger partial charge in [-0.15, -0.1) is 0 Å². The molecule has 2 aromatic carbocycles. The summed E-state index contributed by atoms with van der Waals surface area (Å²) in [6, 6.07) is 12.0. The van der Waals surface area contributed by atoms with Gasteiger partial charge in [0.2, 0.25) is 0 Å². The van der Waals surface area contributed by atoms with Gasteiger partial charge in [0, 0.05) is 12.6 Å². The van der Waals surface area contributed by atoms with Gasteiger partial charge in [0.25, 0.3) is 0 Å². The third-order valence-corrected chi connectivity index (χ3v) is 4.20. The molecule has 0 aliphatic carbocycles. The van der Waals surface area contributed by atoms with Gasteiger partial charge in [-0.05, 0) is 49.7 Å². The average molecular weight is 351 g/mol. The third-order valence-electron chi connectivity index (χ3n) is 4.20. The number of halogens is 3. The lowest BCUT2D eigenvalue weighted by Gasteiger charge is -2.26. The number of carbonyl (C=O) groups is 1. The van der Waals surface area contributed by atoms with Crippen molar-refractivity contribution in [2.24, 2.45) is 0 Å². The molecule has 3 nitrogen and oxygen atoms in total. The Morgan fingerprint density at radius 3 is 2.48 bits per heavy atom. The molecule has 1 unspecified atom stereocenters. The van der Waals surface area contributed by atoms with E-state index in [2.05, 4.69) is 0 Å². The molecule has 25 heavy (non-hydrogen) atoms. The van der Waals surface area contributed by atoms with Crippen LogP contribution in [0.1, 0.15) is 34.0 Å². The van der Waals surface area contributed by atoms with Crippen molar-refractivity contribution in [3.8, 4) is 0 Å². The molecule has 0 bridgehead atoms. The number of carboxylic acid groups (broad SMARTS) is 1. The molecular formula is C19H20F3NO2. The fraction of sp³-hybridized carbons (Fsp3) is 0.316. The Morgan fingerprint density at radius 2 is 1.84 bits per heavy atom. The normalized spacial score (nSPS) is 13.0. The summed E-state index contributed by atoms with van der Waals surface area (Å²) < 4.78 is 39.3. The van der Waals surface area contributed by atoms with Crippen LogP contribution >= 0.6 is 0 Å². The number of carboxylic acids is 1. The highest BCUT2D eigenvalue weighted by molar-refractivity contribution is 5.87. The molecule has 0 spiro atoms. The predicted molar refractivity (Wildman–Crippen MR) is 89.5 cm³/mol. The molecule has 0 aromatic heterocycles. The fourth-order valence-corrected chi connectivity index (χ4v) is 2.70. The molecule has 6 heteroatoms. The molecule has 2 rings (SSSR count). The Labute approximate surface area is 144 Å². The molecule has 0 amide bonds. The summed E-state index contributed by atoms with van der Waals surface area (Å²) in [7, 11) is 1.81. The lowest BCUT2D eigenvalue weighted by Crippen LogP contribution is -2.31. The van der Waals surface area contributed by atoms with Crippen LogP contribution in [0.5, 0.6) is 0 Å². The fourth-order valence-electron chi connectivity index (χ4n) is 2.70. The van der Waals surface area contributed by atoms with Crippen LogP contribution in [0.2, 0.25) is 0 Å². The van der Waals surface area contributed by atoms with Crippen LogP contribution in [0, 0.1) is 0 Å². The van der Waals surface area contributed by atoms with Gasteiger partial charge in [0.05, 0.1) is 11.1 Å². The van der Waals surface area contributed by atoms with E-state index in [1.807, 2.05) is 18.9 Å². The third kappa shape index (κ3) is 5.06. The van der Waals surface area contributed by atoms with Crippen LogP contribution in [0.4, 0.5) is 13.2 Å². The highest BCUT2D eigenvalue weighted by Crippen LogP contribution is 2.32. The summed E-state index contributed by atoms with van der Waals surface area (Å²) in [4.78, 5) is 12.9. The molecule has 134 valence electrons. The van der Waals surface area contributed by atoms with Gasteiger partial charge in [-0.2, -0.15) is 13.2 Å². The Kier molecular flexibility index (Phi) is 5.85. The summed E-state index contributed by atoms with van der Waals surface area (Å²) >= 11 is 0. The molecule has 0 saturated carbocycles. The van der Waals surface area contributed by atoms with Gasteiger partial charge in [-0.1, -0.05) is 30.3 Å². The van der Waals surface area contributed by atoms with E-state index in [-0.39, 0.29) is 23.6 Å². The predicted octanol–water partition coefficient (Wildman–Crippen LogP) is 4.47. The van der Waals surface area contributed by atoms with E-state index in [9.17, 15) is 18.0 Å². The zero-order valence-electron chi connectivity index (χ0n) is 14.0. The van der Waals surface area contributed by atoms with Crippen molar-refractivity contribution in [2.75, 3.05) is 7.05 Å². The Balaban J connectivity index is 2.10. The molecule has 0 heterocycles. The first kappa shape index (κ1) is 19.0. The number of aromatic carboxylic acids is 1. The van der Waals surface area contributed by atoms with Crippen molar-refractivity contribution in [2.45, 2.75) is 32.1 Å². The second kappa shape index (κ2) is 7.70. The van der Waals surface area contributed by atoms with Crippen molar-refractivity contribution >= 4 is 5.97 Å². The van der Waals surface area contributed by atoms with Crippen molar-refractivity contribution in [3.05, 3.63) is 70.8 Å². The van der Waals surface area contributed by atoms with Gasteiger partial charge in [-0.25, -0.2) is 4.79 Å². The number of benzene rings is 2. The first-order chi connectivity index (χ1) is 11.7. The van der Waals surface area contributed by atoms with E-state index in [4.69, 9.17) is 5.11 Å². The zero-order chi connectivity index (χ0) is 18.6. The molecule has 0 aliphatic rings. The number of hydrogen-bond acceptors (Lipinski definition) is 2. The summed E-state index contributed by atoms with van der Waals surface area (Å²) in [6.45, 7) is 2.31. The Morgan fingerprint density at radius 1 is 1.16 bits per heavy atom. The van der Waals surface area contributed by atoms with Crippen molar-refractivity contribution < 1.29 is 23.1 Å². The average Bonchev–Trinajstić information content (AvgIpc) is 2.54. The second-order valence-corrected chi connectivity index (χ2v) is 6.13. The topological polar surface area (TPSA) is 40.5 Å².